The fourth-order valence-electron chi connectivity index (χ4n) is 0.347. The molecule has 0 aliphatic carbocycles. The van der Waals surface area contributed by atoms with E-state index in [2.05, 4.69) is 9.05 Å². The number of phosphoric ester groups is 1. The SMILES string of the molecule is Br.O=P(O)(OCC(Cl)(Cl)Cl)OCC(Cl)(Cl)Cl. The topological polar surface area (TPSA) is 55.8 Å². The van der Waals surface area contributed by atoms with Crippen molar-refractivity contribution in [3.63, 3.8) is 0 Å². The second-order valence-electron chi connectivity index (χ2n) is 2.25. The summed E-state index contributed by atoms with van der Waals surface area (Å²) in [7, 11) is -4.39. The highest BCUT2D eigenvalue weighted by atomic mass is 79.9. The Morgan fingerprint density at radius 3 is 1.38 bits per heavy atom. The molecule has 0 aromatic heterocycles. The second kappa shape index (κ2) is 7.81. The van der Waals surface area contributed by atoms with Crippen LogP contribution in [0.3, 0.4) is 0 Å². The molecule has 100 valence electrons. The first kappa shape index (κ1) is 20.6. The summed E-state index contributed by atoms with van der Waals surface area (Å²) in [5.74, 6) is 0. The number of hydrogen-bond donors (Lipinski definition) is 1. The van der Waals surface area contributed by atoms with Crippen LogP contribution in [0.4, 0.5) is 0 Å². The largest absolute Gasteiger partial charge is 0.472 e. The molecule has 16 heavy (non-hydrogen) atoms. The number of halogens is 7. The highest BCUT2D eigenvalue weighted by Gasteiger charge is 2.32. The third-order valence-electron chi connectivity index (χ3n) is 0.783. The van der Waals surface area contributed by atoms with Gasteiger partial charge in [0.2, 0.25) is 7.59 Å². The Balaban J connectivity index is 0. The maximum atomic E-state index is 11.1. The van der Waals surface area contributed by atoms with Crippen molar-refractivity contribution in [3.05, 3.63) is 0 Å². The molecule has 0 aromatic carbocycles. The van der Waals surface area contributed by atoms with Gasteiger partial charge in [-0.3, -0.25) is 9.05 Å². The van der Waals surface area contributed by atoms with Gasteiger partial charge in [-0.2, -0.15) is 0 Å². The van der Waals surface area contributed by atoms with Gasteiger partial charge in [-0.15, -0.1) is 17.0 Å². The van der Waals surface area contributed by atoms with Gasteiger partial charge in [-0.05, 0) is 0 Å². The Labute approximate surface area is 133 Å². The van der Waals surface area contributed by atoms with Crippen LogP contribution in [0.2, 0.25) is 0 Å². The molecule has 0 bridgehead atoms. The zero-order valence-electron chi connectivity index (χ0n) is 7.21. The lowest BCUT2D eigenvalue weighted by atomic mass is 10.9. The van der Waals surface area contributed by atoms with Crippen LogP contribution < -0.4 is 0 Å². The summed E-state index contributed by atoms with van der Waals surface area (Å²) >= 11 is 31.6. The minimum atomic E-state index is -4.39. The Bertz CT molecular complexity index is 230. The summed E-state index contributed by atoms with van der Waals surface area (Å²) in [6.07, 6.45) is 0. The van der Waals surface area contributed by atoms with Crippen molar-refractivity contribution in [1.82, 2.24) is 0 Å². The molecule has 0 spiro atoms. The van der Waals surface area contributed by atoms with Crippen molar-refractivity contribution in [2.45, 2.75) is 7.59 Å². The third kappa shape index (κ3) is 14.4. The molecule has 0 aliphatic rings. The van der Waals surface area contributed by atoms with Crippen molar-refractivity contribution in [2.75, 3.05) is 13.2 Å². The summed E-state index contributed by atoms with van der Waals surface area (Å²) in [5.41, 5.74) is 0. The highest BCUT2D eigenvalue weighted by Crippen LogP contribution is 2.47. The summed E-state index contributed by atoms with van der Waals surface area (Å²) < 4.78 is 16.0. The molecule has 0 saturated heterocycles. The van der Waals surface area contributed by atoms with Crippen LogP contribution in [0.25, 0.3) is 0 Å². The quantitative estimate of drug-likeness (QED) is 0.518. The molecule has 0 aromatic rings. The fourth-order valence-corrected chi connectivity index (χ4v) is 1.92. The lowest BCUT2D eigenvalue weighted by molar-refractivity contribution is 0.153. The van der Waals surface area contributed by atoms with Crippen molar-refractivity contribution in [3.8, 4) is 0 Å². The zero-order chi connectivity index (χ0) is 12.3. The monoisotopic (exact) mass is 438 g/mol. The Hall–Kier alpha value is 2.33. The molecule has 1 N–H and O–H groups in total. The Kier molecular flexibility index (Phi) is 10.1. The van der Waals surface area contributed by atoms with Gasteiger partial charge in [0, 0.05) is 0 Å². The van der Waals surface area contributed by atoms with Crippen molar-refractivity contribution in [2.24, 2.45) is 0 Å². The maximum Gasteiger partial charge on any atom is 0.472 e. The first-order valence-corrected chi connectivity index (χ1v) is 6.93. The van der Waals surface area contributed by atoms with Gasteiger partial charge in [0.15, 0.2) is 0 Å². The lowest BCUT2D eigenvalue weighted by Crippen LogP contribution is -2.16. The Morgan fingerprint density at radius 2 is 1.19 bits per heavy atom. The molecule has 12 heteroatoms. The molecular formula is C4H6BrCl6O4P. The predicted octanol–water partition coefficient (Wildman–Crippen LogP) is 4.44. The van der Waals surface area contributed by atoms with E-state index in [9.17, 15) is 4.57 Å². The molecule has 0 amide bonds. The first-order valence-electron chi connectivity index (χ1n) is 3.17. The summed E-state index contributed by atoms with van der Waals surface area (Å²) in [5, 5.41) is 0. The minimum Gasteiger partial charge on any atom is -0.302 e. The molecule has 0 fully saturated rings. The number of hydrogen-bond acceptors (Lipinski definition) is 3. The average Bonchev–Trinajstić information content (AvgIpc) is 1.96. The van der Waals surface area contributed by atoms with E-state index in [1.165, 1.54) is 0 Å². The smallest absolute Gasteiger partial charge is 0.302 e. The normalized spacial score (nSPS) is 13.4. The van der Waals surface area contributed by atoms with Crippen LogP contribution in [0.1, 0.15) is 0 Å². The number of phosphoric acid groups is 1. The summed E-state index contributed by atoms with van der Waals surface area (Å²) in [6, 6.07) is 0. The molecule has 0 rings (SSSR count). The zero-order valence-corrected chi connectivity index (χ0v) is 14.4. The first-order chi connectivity index (χ1) is 6.41. The van der Waals surface area contributed by atoms with E-state index >= 15 is 0 Å². The molecule has 0 aliphatic heterocycles. The summed E-state index contributed by atoms with van der Waals surface area (Å²) in [4.78, 5) is 9.00. The fraction of sp³-hybridized carbons (Fsp3) is 1.00. The molecule has 0 unspecified atom stereocenters. The van der Waals surface area contributed by atoms with E-state index in [1.54, 1.807) is 0 Å². The van der Waals surface area contributed by atoms with Crippen LogP contribution >= 0.6 is 94.4 Å². The van der Waals surface area contributed by atoms with Gasteiger partial charge < -0.3 is 4.89 Å². The van der Waals surface area contributed by atoms with Gasteiger partial charge in [0.1, 0.15) is 13.2 Å². The molecule has 0 saturated carbocycles. The van der Waals surface area contributed by atoms with Crippen LogP contribution in [-0.4, -0.2) is 25.7 Å². The second-order valence-corrected chi connectivity index (χ2v) is 8.73. The van der Waals surface area contributed by atoms with Crippen molar-refractivity contribution >= 4 is 94.4 Å². The molecule has 0 radical (unpaired) electrons. The molecule has 4 nitrogen and oxygen atoms in total. The lowest BCUT2D eigenvalue weighted by Gasteiger charge is -2.17. The van der Waals surface area contributed by atoms with Gasteiger partial charge in [0.05, 0.1) is 0 Å². The number of alkyl halides is 6. The highest BCUT2D eigenvalue weighted by molar-refractivity contribution is 8.93. The van der Waals surface area contributed by atoms with Crippen LogP contribution in [0.15, 0.2) is 0 Å². The van der Waals surface area contributed by atoms with Crippen molar-refractivity contribution in [1.29, 1.82) is 0 Å². The van der Waals surface area contributed by atoms with E-state index in [0.29, 0.717) is 0 Å². The maximum absolute atomic E-state index is 11.1. The predicted molar refractivity (Wildman–Crippen MR) is 72.6 cm³/mol. The number of rotatable bonds is 4. The van der Waals surface area contributed by atoms with E-state index in [1.807, 2.05) is 0 Å². The van der Waals surface area contributed by atoms with E-state index in [4.69, 9.17) is 74.5 Å². The molecule has 0 atom stereocenters. The van der Waals surface area contributed by atoms with Gasteiger partial charge in [-0.25, -0.2) is 4.57 Å². The van der Waals surface area contributed by atoms with Crippen LogP contribution in [0, 0.1) is 0 Å². The van der Waals surface area contributed by atoms with Gasteiger partial charge in [0.25, 0.3) is 0 Å². The van der Waals surface area contributed by atoms with Crippen molar-refractivity contribution < 1.29 is 18.5 Å². The van der Waals surface area contributed by atoms with E-state index in [-0.39, 0.29) is 17.0 Å². The molecular weight excluding hydrogens is 436 g/mol. The standard InChI is InChI=1S/C4H5Cl6O4P.BrH/c5-3(6,7)1-13-15(11,12)14-2-4(8,9)10;/h1-2H2,(H,11,12);1H. The van der Waals surface area contributed by atoms with Crippen LogP contribution in [-0.2, 0) is 13.6 Å². The van der Waals surface area contributed by atoms with E-state index in [0.717, 1.165) is 0 Å². The summed E-state index contributed by atoms with van der Waals surface area (Å²) in [6.45, 7) is -1.27. The molecule has 0 heterocycles. The van der Waals surface area contributed by atoms with Crippen LogP contribution in [0.5, 0.6) is 0 Å². The van der Waals surface area contributed by atoms with Gasteiger partial charge >= 0.3 is 7.82 Å². The third-order valence-corrected chi connectivity index (χ3v) is 2.35. The minimum absolute atomic E-state index is 0. The van der Waals surface area contributed by atoms with E-state index < -0.39 is 28.6 Å². The average molecular weight is 442 g/mol. The Morgan fingerprint density at radius 1 is 0.938 bits per heavy atom. The van der Waals surface area contributed by atoms with Gasteiger partial charge in [-0.1, -0.05) is 69.6 Å².